The molecular formula is C4H14O6P2. The summed E-state index contributed by atoms with van der Waals surface area (Å²) in [5.41, 5.74) is 0. The van der Waals surface area contributed by atoms with Crippen molar-refractivity contribution in [2.75, 3.05) is 13.2 Å². The van der Waals surface area contributed by atoms with Crippen LogP contribution in [0.15, 0.2) is 0 Å². The van der Waals surface area contributed by atoms with Gasteiger partial charge in [-0.15, -0.1) is 0 Å². The van der Waals surface area contributed by atoms with Gasteiger partial charge >= 0.3 is 16.5 Å². The van der Waals surface area contributed by atoms with Crippen LogP contribution in [0.4, 0.5) is 0 Å². The van der Waals surface area contributed by atoms with Crippen molar-refractivity contribution in [3.05, 3.63) is 0 Å². The molecule has 12 heavy (non-hydrogen) atoms. The van der Waals surface area contributed by atoms with Gasteiger partial charge in [-0.1, -0.05) is 0 Å². The normalized spacial score (nSPS) is 14.3. The Labute approximate surface area is 72.4 Å². The molecule has 2 N–H and O–H groups in total. The maximum Gasteiger partial charge on any atom is 0.323 e. The first-order chi connectivity index (χ1) is 5.54. The summed E-state index contributed by atoms with van der Waals surface area (Å²) in [4.78, 5) is 15.4. The van der Waals surface area contributed by atoms with E-state index in [0.717, 1.165) is 13.2 Å². The highest BCUT2D eigenvalue weighted by atomic mass is 31.2. The third-order valence-electron chi connectivity index (χ3n) is 0.583. The molecule has 0 aliphatic rings. The highest BCUT2D eigenvalue weighted by molar-refractivity contribution is 7.46. The zero-order valence-corrected chi connectivity index (χ0v) is 8.94. The standard InChI is InChI=1S/C4H10O.H4O5P2/c1-3-5-4-2;1-6(2)5-7(3)4/h3-4H2,1-2H3;6-7H,(H,1,2)(H,3,4). The Balaban J connectivity index is 0. The fourth-order valence-electron chi connectivity index (χ4n) is 0.279. The van der Waals surface area contributed by atoms with Gasteiger partial charge in [0.25, 0.3) is 0 Å². The molecule has 76 valence electrons. The highest BCUT2D eigenvalue weighted by Gasteiger charge is 1.93. The Morgan fingerprint density at radius 3 is 1.42 bits per heavy atom. The minimum Gasteiger partial charge on any atom is -0.382 e. The Morgan fingerprint density at radius 1 is 1.08 bits per heavy atom. The van der Waals surface area contributed by atoms with E-state index >= 15 is 0 Å². The smallest absolute Gasteiger partial charge is 0.323 e. The molecule has 0 rings (SSSR count). The lowest BCUT2D eigenvalue weighted by atomic mass is 10.8. The summed E-state index contributed by atoms with van der Waals surface area (Å²) in [6, 6.07) is 0. The lowest BCUT2D eigenvalue weighted by molar-refractivity contribution is 0.162. The van der Waals surface area contributed by atoms with Crippen LogP contribution in [0.3, 0.4) is 0 Å². The molecule has 2 atom stereocenters. The van der Waals surface area contributed by atoms with Crippen molar-refractivity contribution in [3.63, 3.8) is 0 Å². The average Bonchev–Trinajstić information content (AvgIpc) is 1.87. The monoisotopic (exact) mass is 220 g/mol. The third kappa shape index (κ3) is 22.4. The van der Waals surface area contributed by atoms with Crippen LogP contribution in [0.25, 0.3) is 0 Å². The summed E-state index contributed by atoms with van der Waals surface area (Å²) in [7, 11) is -6.40. The van der Waals surface area contributed by atoms with Crippen molar-refractivity contribution in [2.45, 2.75) is 13.8 Å². The largest absolute Gasteiger partial charge is 0.382 e. The van der Waals surface area contributed by atoms with Crippen molar-refractivity contribution in [3.8, 4) is 0 Å². The van der Waals surface area contributed by atoms with Gasteiger partial charge in [-0.25, -0.2) is 4.31 Å². The maximum absolute atomic E-state index is 9.44. The van der Waals surface area contributed by atoms with Crippen LogP contribution < -0.4 is 0 Å². The molecule has 0 spiro atoms. The van der Waals surface area contributed by atoms with E-state index < -0.39 is 16.5 Å². The van der Waals surface area contributed by atoms with Gasteiger partial charge in [0.1, 0.15) is 0 Å². The Kier molecular flexibility index (Phi) is 13.9. The van der Waals surface area contributed by atoms with Gasteiger partial charge in [0.05, 0.1) is 0 Å². The van der Waals surface area contributed by atoms with Crippen LogP contribution in [0, 0.1) is 0 Å². The van der Waals surface area contributed by atoms with Crippen molar-refractivity contribution in [2.24, 2.45) is 0 Å². The van der Waals surface area contributed by atoms with Crippen LogP contribution in [0.1, 0.15) is 13.8 Å². The molecular weight excluding hydrogens is 206 g/mol. The summed E-state index contributed by atoms with van der Waals surface area (Å²) < 4.78 is 27.2. The fourth-order valence-corrected chi connectivity index (χ4v) is 0.876. The molecule has 2 unspecified atom stereocenters. The van der Waals surface area contributed by atoms with E-state index in [9.17, 15) is 9.13 Å². The zero-order chi connectivity index (χ0) is 9.98. The van der Waals surface area contributed by atoms with Crippen LogP contribution in [0.2, 0.25) is 0 Å². The Morgan fingerprint density at radius 2 is 1.42 bits per heavy atom. The number of rotatable bonds is 4. The molecule has 6 nitrogen and oxygen atoms in total. The Bertz CT molecular complexity index is 124. The number of hydrogen-bond acceptors (Lipinski definition) is 4. The van der Waals surface area contributed by atoms with Gasteiger partial charge in [0, 0.05) is 13.2 Å². The molecule has 0 heterocycles. The van der Waals surface area contributed by atoms with Crippen molar-refractivity contribution >= 4 is 16.5 Å². The second kappa shape index (κ2) is 11.3. The molecule has 0 aliphatic heterocycles. The second-order valence-electron chi connectivity index (χ2n) is 1.42. The van der Waals surface area contributed by atoms with Crippen LogP contribution in [0.5, 0.6) is 0 Å². The van der Waals surface area contributed by atoms with Gasteiger partial charge < -0.3 is 14.5 Å². The lowest BCUT2D eigenvalue weighted by Crippen LogP contribution is -1.84. The highest BCUT2D eigenvalue weighted by Crippen LogP contribution is 2.30. The molecule has 0 amide bonds. The molecule has 0 aromatic carbocycles. The van der Waals surface area contributed by atoms with E-state index in [1.807, 2.05) is 13.8 Å². The van der Waals surface area contributed by atoms with Crippen LogP contribution in [-0.4, -0.2) is 23.0 Å². The third-order valence-corrected chi connectivity index (χ3v) is 1.98. The Hall–Kier alpha value is 0.300. The summed E-state index contributed by atoms with van der Waals surface area (Å²) in [6.07, 6.45) is 0. The topological polar surface area (TPSA) is 93.1 Å². The average molecular weight is 220 g/mol. The number of hydrogen-bond donors (Lipinski definition) is 2. The van der Waals surface area contributed by atoms with Crippen molar-refractivity contribution < 1.29 is 28.0 Å². The first-order valence-corrected chi connectivity index (χ1v) is 5.78. The van der Waals surface area contributed by atoms with Gasteiger partial charge in [0.15, 0.2) is 0 Å². The van der Waals surface area contributed by atoms with E-state index in [1.165, 1.54) is 0 Å². The van der Waals surface area contributed by atoms with Crippen LogP contribution >= 0.6 is 16.5 Å². The van der Waals surface area contributed by atoms with Gasteiger partial charge in [-0.3, -0.25) is 9.13 Å². The molecule has 0 aromatic heterocycles. The summed E-state index contributed by atoms with van der Waals surface area (Å²) >= 11 is 0. The predicted octanol–water partition coefficient (Wildman–Crippen LogP) is 0.810. The quantitative estimate of drug-likeness (QED) is 0.681. The van der Waals surface area contributed by atoms with Gasteiger partial charge in [-0.2, -0.15) is 0 Å². The van der Waals surface area contributed by atoms with Crippen LogP contribution in [-0.2, 0) is 18.2 Å². The van der Waals surface area contributed by atoms with Crippen molar-refractivity contribution in [1.82, 2.24) is 0 Å². The summed E-state index contributed by atoms with van der Waals surface area (Å²) in [5.74, 6) is 0. The molecule has 8 heteroatoms. The molecule has 0 aliphatic carbocycles. The van der Waals surface area contributed by atoms with Gasteiger partial charge in [0.2, 0.25) is 0 Å². The molecule has 0 saturated heterocycles. The first kappa shape index (κ1) is 14.8. The molecule has 0 radical (unpaired) electrons. The summed E-state index contributed by atoms with van der Waals surface area (Å²) in [5, 5.41) is 0. The first-order valence-electron chi connectivity index (χ1n) is 3.26. The molecule has 0 fully saturated rings. The van der Waals surface area contributed by atoms with E-state index in [1.54, 1.807) is 0 Å². The fraction of sp³-hybridized carbons (Fsp3) is 1.00. The SMILES string of the molecule is CCOCC.O=[PH](O)O[PH](=O)O. The van der Waals surface area contributed by atoms with Gasteiger partial charge in [-0.05, 0) is 13.8 Å². The molecule has 0 saturated carbocycles. The van der Waals surface area contributed by atoms with Crippen molar-refractivity contribution in [1.29, 1.82) is 0 Å². The summed E-state index contributed by atoms with van der Waals surface area (Å²) in [6.45, 7) is 5.67. The van der Waals surface area contributed by atoms with E-state index in [4.69, 9.17) is 14.5 Å². The maximum atomic E-state index is 9.44. The van der Waals surface area contributed by atoms with E-state index in [0.29, 0.717) is 0 Å². The molecule has 0 aromatic rings. The van der Waals surface area contributed by atoms with E-state index in [2.05, 4.69) is 4.31 Å². The predicted molar refractivity (Wildman–Crippen MR) is 45.7 cm³/mol. The molecule has 0 bridgehead atoms. The minimum absolute atomic E-state index is 0.844. The van der Waals surface area contributed by atoms with E-state index in [-0.39, 0.29) is 0 Å². The number of ether oxygens (including phenoxy) is 1. The zero-order valence-electron chi connectivity index (χ0n) is 6.94. The second-order valence-corrected chi connectivity index (χ2v) is 3.30. The minimum atomic E-state index is -3.20. The lowest BCUT2D eigenvalue weighted by Gasteiger charge is -1.86.